The van der Waals surface area contributed by atoms with Crippen molar-refractivity contribution in [1.29, 1.82) is 0 Å². The molecule has 1 heterocycles. The Labute approximate surface area is 150 Å². The quantitative estimate of drug-likeness (QED) is 0.650. The lowest BCUT2D eigenvalue weighted by Crippen LogP contribution is -2.32. The fraction of sp³-hybridized carbons (Fsp3) is 0.300. The largest absolute Gasteiger partial charge is 0.335 e. The highest BCUT2D eigenvalue weighted by atomic mass is 32.1. The van der Waals surface area contributed by atoms with Gasteiger partial charge in [-0.25, -0.2) is 9.37 Å². The Hall–Kier alpha value is -2.27. The van der Waals surface area contributed by atoms with E-state index in [1.165, 1.54) is 12.1 Å². The highest BCUT2D eigenvalue weighted by molar-refractivity contribution is 7.18. The van der Waals surface area contributed by atoms with E-state index in [-0.39, 0.29) is 11.7 Å². The highest BCUT2D eigenvalue weighted by Crippen LogP contribution is 2.30. The lowest BCUT2D eigenvalue weighted by molar-refractivity contribution is -0.132. The van der Waals surface area contributed by atoms with E-state index in [2.05, 4.69) is 11.1 Å². The number of nitrogens with zero attached hydrogens (tertiary/aromatic N) is 2. The van der Waals surface area contributed by atoms with Crippen molar-refractivity contribution in [2.24, 2.45) is 0 Å². The molecule has 2 aromatic carbocycles. The first kappa shape index (κ1) is 16.2. The molecule has 1 saturated carbocycles. The molecule has 1 aromatic heterocycles. The van der Waals surface area contributed by atoms with Crippen LogP contribution in [-0.2, 0) is 17.8 Å². The number of hydrogen-bond donors (Lipinski definition) is 0. The summed E-state index contributed by atoms with van der Waals surface area (Å²) in [6.45, 7) is 0.559. The van der Waals surface area contributed by atoms with Crippen LogP contribution in [0.3, 0.4) is 0 Å². The highest BCUT2D eigenvalue weighted by Gasteiger charge is 2.32. The summed E-state index contributed by atoms with van der Waals surface area (Å²) in [5.41, 5.74) is 1.97. The van der Waals surface area contributed by atoms with E-state index in [0.717, 1.165) is 33.6 Å². The normalized spacial score (nSPS) is 14.0. The lowest BCUT2D eigenvalue weighted by Gasteiger charge is -2.22. The molecule has 0 atom stereocenters. The van der Waals surface area contributed by atoms with E-state index in [0.29, 0.717) is 25.4 Å². The minimum Gasteiger partial charge on any atom is -0.335 e. The van der Waals surface area contributed by atoms with Crippen LogP contribution in [0.15, 0.2) is 48.5 Å². The van der Waals surface area contributed by atoms with Crippen molar-refractivity contribution in [2.45, 2.75) is 38.3 Å². The summed E-state index contributed by atoms with van der Waals surface area (Å²) in [6.07, 6.45) is 3.27. The molecule has 0 bridgehead atoms. The van der Waals surface area contributed by atoms with E-state index in [1.807, 2.05) is 23.1 Å². The number of para-hydroxylation sites is 1. The molecule has 1 fully saturated rings. The Kier molecular flexibility index (Phi) is 4.49. The second-order valence-electron chi connectivity index (χ2n) is 6.45. The number of fused-ring (bicyclic) bond motifs is 1. The number of carbonyl (C=O) groups excluding carboxylic acids is 1. The van der Waals surface area contributed by atoms with Crippen LogP contribution >= 0.6 is 11.3 Å². The summed E-state index contributed by atoms with van der Waals surface area (Å²) in [5, 5.41) is 1.01. The molecule has 0 aliphatic heterocycles. The number of halogens is 1. The predicted octanol–water partition coefficient (Wildman–Crippen LogP) is 4.56. The zero-order valence-corrected chi connectivity index (χ0v) is 14.6. The lowest BCUT2D eigenvalue weighted by atomic mass is 10.2. The summed E-state index contributed by atoms with van der Waals surface area (Å²) in [4.78, 5) is 19.3. The van der Waals surface area contributed by atoms with Gasteiger partial charge in [0.1, 0.15) is 5.82 Å². The van der Waals surface area contributed by atoms with E-state index >= 15 is 0 Å². The molecular weight excluding hydrogens is 335 g/mol. The van der Waals surface area contributed by atoms with Gasteiger partial charge in [-0.05, 0) is 42.7 Å². The van der Waals surface area contributed by atoms with Gasteiger partial charge in [-0.2, -0.15) is 0 Å². The summed E-state index contributed by atoms with van der Waals surface area (Å²) in [6, 6.07) is 14.8. The van der Waals surface area contributed by atoms with Crippen molar-refractivity contribution in [3.05, 3.63) is 64.9 Å². The minimum atomic E-state index is -0.246. The SMILES string of the molecule is O=C(CCc1nc2ccccc2s1)N(Cc1ccc(F)cc1)C1CC1. The number of carbonyl (C=O) groups is 1. The van der Waals surface area contributed by atoms with Crippen molar-refractivity contribution < 1.29 is 9.18 Å². The average molecular weight is 354 g/mol. The van der Waals surface area contributed by atoms with Crippen LogP contribution in [0, 0.1) is 5.82 Å². The molecule has 5 heteroatoms. The maximum absolute atomic E-state index is 13.1. The molecule has 0 saturated heterocycles. The molecule has 4 rings (SSSR count). The first-order valence-corrected chi connectivity index (χ1v) is 9.39. The molecular formula is C20H19FN2OS. The van der Waals surface area contributed by atoms with Gasteiger partial charge in [-0.15, -0.1) is 11.3 Å². The van der Waals surface area contributed by atoms with E-state index < -0.39 is 0 Å². The molecule has 0 unspecified atom stereocenters. The van der Waals surface area contributed by atoms with Crippen molar-refractivity contribution in [1.82, 2.24) is 9.88 Å². The van der Waals surface area contributed by atoms with Crippen LogP contribution in [0.25, 0.3) is 10.2 Å². The smallest absolute Gasteiger partial charge is 0.223 e. The topological polar surface area (TPSA) is 33.2 Å². The monoisotopic (exact) mass is 354 g/mol. The molecule has 0 spiro atoms. The second kappa shape index (κ2) is 6.92. The van der Waals surface area contributed by atoms with Gasteiger partial charge in [-0.1, -0.05) is 24.3 Å². The third-order valence-corrected chi connectivity index (χ3v) is 5.56. The molecule has 25 heavy (non-hydrogen) atoms. The summed E-state index contributed by atoms with van der Waals surface area (Å²) in [7, 11) is 0. The first-order valence-electron chi connectivity index (χ1n) is 8.57. The number of amides is 1. The number of aryl methyl sites for hydroxylation is 1. The number of aromatic nitrogens is 1. The Balaban J connectivity index is 1.41. The third-order valence-electron chi connectivity index (χ3n) is 4.47. The van der Waals surface area contributed by atoms with Gasteiger partial charge in [0.05, 0.1) is 15.2 Å². The van der Waals surface area contributed by atoms with E-state index in [1.54, 1.807) is 23.5 Å². The Morgan fingerprint density at radius 1 is 1.16 bits per heavy atom. The van der Waals surface area contributed by atoms with Gasteiger partial charge in [0.15, 0.2) is 0 Å². The standard InChI is InChI=1S/C20H19FN2OS/c21-15-7-5-14(6-8-15)13-23(16-9-10-16)20(24)12-11-19-22-17-3-1-2-4-18(17)25-19/h1-8,16H,9-13H2. The fourth-order valence-corrected chi connectivity index (χ4v) is 3.94. The second-order valence-corrected chi connectivity index (χ2v) is 7.57. The number of hydrogen-bond acceptors (Lipinski definition) is 3. The Bertz CT molecular complexity index is 853. The van der Waals surface area contributed by atoms with Gasteiger partial charge in [0.25, 0.3) is 0 Å². The van der Waals surface area contributed by atoms with Gasteiger partial charge >= 0.3 is 0 Å². The molecule has 3 aromatic rings. The van der Waals surface area contributed by atoms with Gasteiger partial charge < -0.3 is 4.90 Å². The predicted molar refractivity (Wildman–Crippen MR) is 97.9 cm³/mol. The maximum atomic E-state index is 13.1. The molecule has 1 amide bonds. The minimum absolute atomic E-state index is 0.158. The summed E-state index contributed by atoms with van der Waals surface area (Å²) in [5.74, 6) is -0.0880. The van der Waals surface area contributed by atoms with Gasteiger partial charge in [0, 0.05) is 25.4 Å². The number of rotatable bonds is 6. The molecule has 1 aliphatic rings. The molecule has 0 radical (unpaired) electrons. The first-order chi connectivity index (χ1) is 12.2. The molecule has 0 N–H and O–H groups in total. The molecule has 128 valence electrons. The fourth-order valence-electron chi connectivity index (χ4n) is 2.98. The third kappa shape index (κ3) is 3.87. The van der Waals surface area contributed by atoms with Gasteiger partial charge in [-0.3, -0.25) is 4.79 Å². The van der Waals surface area contributed by atoms with Crippen LogP contribution in [-0.4, -0.2) is 21.8 Å². The molecule has 3 nitrogen and oxygen atoms in total. The van der Waals surface area contributed by atoms with Crippen LogP contribution in [0.2, 0.25) is 0 Å². The molecule has 1 aliphatic carbocycles. The zero-order chi connectivity index (χ0) is 17.2. The van der Waals surface area contributed by atoms with E-state index in [4.69, 9.17) is 0 Å². The number of benzene rings is 2. The zero-order valence-electron chi connectivity index (χ0n) is 13.8. The van der Waals surface area contributed by atoms with E-state index in [9.17, 15) is 9.18 Å². The van der Waals surface area contributed by atoms with Crippen LogP contribution < -0.4 is 0 Å². The van der Waals surface area contributed by atoms with Crippen molar-refractivity contribution in [3.63, 3.8) is 0 Å². The van der Waals surface area contributed by atoms with Crippen LogP contribution in [0.1, 0.15) is 29.8 Å². The summed E-state index contributed by atoms with van der Waals surface area (Å²) < 4.78 is 14.2. The van der Waals surface area contributed by atoms with Crippen molar-refractivity contribution >= 4 is 27.5 Å². The summed E-state index contributed by atoms with van der Waals surface area (Å²) >= 11 is 1.66. The van der Waals surface area contributed by atoms with Gasteiger partial charge in [0.2, 0.25) is 5.91 Å². The average Bonchev–Trinajstić information content (AvgIpc) is 3.37. The Morgan fingerprint density at radius 2 is 1.92 bits per heavy atom. The van der Waals surface area contributed by atoms with Crippen molar-refractivity contribution in [2.75, 3.05) is 0 Å². The Morgan fingerprint density at radius 3 is 2.64 bits per heavy atom. The number of thiazole rings is 1. The maximum Gasteiger partial charge on any atom is 0.223 e. The van der Waals surface area contributed by atoms with Crippen molar-refractivity contribution in [3.8, 4) is 0 Å². The van der Waals surface area contributed by atoms with Crippen LogP contribution in [0.5, 0.6) is 0 Å². The van der Waals surface area contributed by atoms with Crippen LogP contribution in [0.4, 0.5) is 4.39 Å².